The van der Waals surface area contributed by atoms with Crippen molar-refractivity contribution in [3.8, 4) is 0 Å². The third-order valence-corrected chi connectivity index (χ3v) is 2.33. The van der Waals surface area contributed by atoms with E-state index in [-0.39, 0.29) is 6.61 Å². The molecule has 0 atom stereocenters. The average Bonchev–Trinajstić information content (AvgIpc) is 2.82. The minimum absolute atomic E-state index is 0.135. The first-order valence-corrected chi connectivity index (χ1v) is 5.08. The zero-order chi connectivity index (χ0) is 12.3. The SMILES string of the molecule is Cc1ccc(N)cc1C(=O)OCc1cnoc1. The van der Waals surface area contributed by atoms with E-state index in [2.05, 4.69) is 9.68 Å². The number of ether oxygens (including phenoxy) is 1. The minimum Gasteiger partial charge on any atom is -0.457 e. The number of nitrogens with zero attached hydrogens (tertiary/aromatic N) is 1. The maximum Gasteiger partial charge on any atom is 0.338 e. The second-order valence-corrected chi connectivity index (χ2v) is 3.68. The lowest BCUT2D eigenvalue weighted by molar-refractivity contribution is 0.0471. The number of nitrogens with two attached hydrogens (primary N) is 1. The first-order valence-electron chi connectivity index (χ1n) is 5.08. The van der Waals surface area contributed by atoms with Gasteiger partial charge in [0.2, 0.25) is 0 Å². The topological polar surface area (TPSA) is 78.4 Å². The van der Waals surface area contributed by atoms with Crippen LogP contribution in [0.4, 0.5) is 5.69 Å². The number of carbonyl (C=O) groups excluding carboxylic acids is 1. The van der Waals surface area contributed by atoms with Crippen LogP contribution in [-0.2, 0) is 11.3 Å². The van der Waals surface area contributed by atoms with E-state index in [1.54, 1.807) is 18.2 Å². The minimum atomic E-state index is -0.406. The van der Waals surface area contributed by atoms with E-state index in [0.29, 0.717) is 16.8 Å². The summed E-state index contributed by atoms with van der Waals surface area (Å²) < 4.78 is 9.75. The summed E-state index contributed by atoms with van der Waals surface area (Å²) in [6.45, 7) is 1.96. The molecule has 2 N–H and O–H groups in total. The molecule has 1 aromatic heterocycles. The van der Waals surface area contributed by atoms with Crippen LogP contribution >= 0.6 is 0 Å². The largest absolute Gasteiger partial charge is 0.457 e. The normalized spacial score (nSPS) is 10.2. The number of aromatic nitrogens is 1. The van der Waals surface area contributed by atoms with Crippen LogP contribution in [0, 0.1) is 6.92 Å². The van der Waals surface area contributed by atoms with Gasteiger partial charge in [0.15, 0.2) is 0 Å². The van der Waals surface area contributed by atoms with E-state index in [9.17, 15) is 4.79 Å². The molecule has 88 valence electrons. The summed E-state index contributed by atoms with van der Waals surface area (Å²) in [6, 6.07) is 5.13. The maximum absolute atomic E-state index is 11.8. The Labute approximate surface area is 98.2 Å². The second-order valence-electron chi connectivity index (χ2n) is 3.68. The fraction of sp³-hybridized carbons (Fsp3) is 0.167. The summed E-state index contributed by atoms with van der Waals surface area (Å²) >= 11 is 0. The molecule has 0 saturated carbocycles. The summed E-state index contributed by atoms with van der Waals surface area (Å²) in [5.41, 5.74) is 8.17. The van der Waals surface area contributed by atoms with E-state index in [4.69, 9.17) is 10.5 Å². The van der Waals surface area contributed by atoms with E-state index in [1.165, 1.54) is 12.5 Å². The molecule has 0 aliphatic heterocycles. The van der Waals surface area contributed by atoms with Crippen LogP contribution in [0.1, 0.15) is 21.5 Å². The molecule has 0 unspecified atom stereocenters. The van der Waals surface area contributed by atoms with Crippen molar-refractivity contribution in [3.05, 3.63) is 47.3 Å². The van der Waals surface area contributed by atoms with Crippen molar-refractivity contribution < 1.29 is 14.1 Å². The fourth-order valence-electron chi connectivity index (χ4n) is 1.38. The van der Waals surface area contributed by atoms with Gasteiger partial charge in [0.25, 0.3) is 0 Å². The van der Waals surface area contributed by atoms with Crippen molar-refractivity contribution >= 4 is 11.7 Å². The van der Waals surface area contributed by atoms with Gasteiger partial charge in [-0.25, -0.2) is 4.79 Å². The molecule has 1 aromatic carbocycles. The predicted molar refractivity (Wildman–Crippen MR) is 61.2 cm³/mol. The van der Waals surface area contributed by atoms with Gasteiger partial charge in [-0.3, -0.25) is 0 Å². The highest BCUT2D eigenvalue weighted by molar-refractivity contribution is 5.92. The monoisotopic (exact) mass is 232 g/mol. The number of nitrogen functional groups attached to an aromatic ring is 1. The van der Waals surface area contributed by atoms with Gasteiger partial charge >= 0.3 is 5.97 Å². The third-order valence-electron chi connectivity index (χ3n) is 2.33. The van der Waals surface area contributed by atoms with Gasteiger partial charge in [-0.1, -0.05) is 11.2 Å². The number of esters is 1. The summed E-state index contributed by atoms with van der Waals surface area (Å²) in [7, 11) is 0. The Balaban J connectivity index is 2.07. The number of aryl methyl sites for hydroxylation is 1. The number of benzene rings is 1. The number of anilines is 1. The van der Waals surface area contributed by atoms with Gasteiger partial charge in [-0.15, -0.1) is 0 Å². The Kier molecular flexibility index (Phi) is 3.09. The molecule has 17 heavy (non-hydrogen) atoms. The van der Waals surface area contributed by atoms with E-state index >= 15 is 0 Å². The number of carbonyl (C=O) groups is 1. The van der Waals surface area contributed by atoms with Gasteiger partial charge in [-0.2, -0.15) is 0 Å². The molecule has 0 bridgehead atoms. The van der Waals surface area contributed by atoms with Crippen LogP contribution in [0.25, 0.3) is 0 Å². The summed E-state index contributed by atoms with van der Waals surface area (Å²) in [4.78, 5) is 11.8. The molecule has 0 radical (unpaired) electrons. The Morgan fingerprint density at radius 3 is 3.06 bits per heavy atom. The molecule has 0 saturated heterocycles. The van der Waals surface area contributed by atoms with Crippen LogP contribution in [0.3, 0.4) is 0 Å². The molecule has 0 aliphatic carbocycles. The number of hydrogen-bond acceptors (Lipinski definition) is 5. The van der Waals surface area contributed by atoms with Crippen molar-refractivity contribution in [1.82, 2.24) is 5.16 Å². The standard InChI is InChI=1S/C12H12N2O3/c1-8-2-3-10(13)4-11(8)12(15)16-6-9-5-14-17-7-9/h2-5,7H,6,13H2,1H3. The number of rotatable bonds is 3. The molecule has 1 heterocycles. The Morgan fingerprint density at radius 1 is 1.53 bits per heavy atom. The Bertz CT molecular complexity index is 521. The van der Waals surface area contributed by atoms with Crippen molar-refractivity contribution in [1.29, 1.82) is 0 Å². The molecule has 0 fully saturated rings. The van der Waals surface area contributed by atoms with Crippen molar-refractivity contribution in [2.45, 2.75) is 13.5 Å². The van der Waals surface area contributed by atoms with Crippen molar-refractivity contribution in [2.75, 3.05) is 5.73 Å². The molecule has 5 nitrogen and oxygen atoms in total. The summed E-state index contributed by atoms with van der Waals surface area (Å²) in [5, 5.41) is 3.52. The predicted octanol–water partition coefficient (Wildman–Crippen LogP) is 1.92. The quantitative estimate of drug-likeness (QED) is 0.646. The number of hydrogen-bond donors (Lipinski definition) is 1. The van der Waals surface area contributed by atoms with Gasteiger partial charge in [0, 0.05) is 11.3 Å². The molecule has 5 heteroatoms. The van der Waals surface area contributed by atoms with Gasteiger partial charge < -0.3 is 15.0 Å². The van der Waals surface area contributed by atoms with Crippen LogP contribution in [-0.4, -0.2) is 11.1 Å². The molecule has 2 aromatic rings. The summed E-state index contributed by atoms with van der Waals surface area (Å²) in [5.74, 6) is -0.406. The van der Waals surface area contributed by atoms with Crippen molar-refractivity contribution in [2.24, 2.45) is 0 Å². The van der Waals surface area contributed by atoms with Gasteiger partial charge in [0.05, 0.1) is 11.8 Å². The van der Waals surface area contributed by atoms with Crippen LogP contribution in [0.2, 0.25) is 0 Å². The van der Waals surface area contributed by atoms with E-state index < -0.39 is 5.97 Å². The van der Waals surface area contributed by atoms with E-state index in [1.807, 2.05) is 6.92 Å². The second kappa shape index (κ2) is 4.69. The van der Waals surface area contributed by atoms with Crippen LogP contribution in [0.15, 0.2) is 35.2 Å². The fourth-order valence-corrected chi connectivity index (χ4v) is 1.38. The highest BCUT2D eigenvalue weighted by Crippen LogP contribution is 2.14. The molecule has 2 rings (SSSR count). The van der Waals surface area contributed by atoms with Gasteiger partial charge in [0.1, 0.15) is 12.9 Å². The van der Waals surface area contributed by atoms with Crippen LogP contribution in [0.5, 0.6) is 0 Å². The third kappa shape index (κ3) is 2.63. The lowest BCUT2D eigenvalue weighted by atomic mass is 10.1. The Morgan fingerprint density at radius 2 is 2.35 bits per heavy atom. The molecule has 0 spiro atoms. The maximum atomic E-state index is 11.8. The van der Waals surface area contributed by atoms with Gasteiger partial charge in [-0.05, 0) is 24.6 Å². The van der Waals surface area contributed by atoms with E-state index in [0.717, 1.165) is 5.56 Å². The highest BCUT2D eigenvalue weighted by atomic mass is 16.5. The van der Waals surface area contributed by atoms with Crippen LogP contribution < -0.4 is 5.73 Å². The molecule has 0 aliphatic rings. The molecular weight excluding hydrogens is 220 g/mol. The zero-order valence-corrected chi connectivity index (χ0v) is 9.34. The Hall–Kier alpha value is -2.30. The highest BCUT2D eigenvalue weighted by Gasteiger charge is 2.11. The van der Waals surface area contributed by atoms with Crippen molar-refractivity contribution in [3.63, 3.8) is 0 Å². The lowest BCUT2D eigenvalue weighted by Gasteiger charge is -2.06. The zero-order valence-electron chi connectivity index (χ0n) is 9.34. The summed E-state index contributed by atoms with van der Waals surface area (Å²) in [6.07, 6.45) is 2.93. The molecule has 0 amide bonds. The lowest BCUT2D eigenvalue weighted by Crippen LogP contribution is -2.07. The first-order chi connectivity index (χ1) is 8.16. The molecular formula is C12H12N2O3. The average molecular weight is 232 g/mol. The first kappa shape index (κ1) is 11.2. The smallest absolute Gasteiger partial charge is 0.338 e.